The van der Waals surface area contributed by atoms with Crippen molar-refractivity contribution in [3.8, 4) is 0 Å². The van der Waals surface area contributed by atoms with Gasteiger partial charge >= 0.3 is 140 Å². The molecule has 0 aliphatic rings. The number of carboxylic acids is 6. The van der Waals surface area contributed by atoms with Crippen LogP contribution >= 0.6 is 0 Å². The molecule has 144 valence electrons. The van der Waals surface area contributed by atoms with Crippen molar-refractivity contribution in [1.82, 2.24) is 0 Å². The van der Waals surface area contributed by atoms with E-state index in [4.69, 9.17) is 59.4 Å². The van der Waals surface area contributed by atoms with E-state index in [1.54, 1.807) is 0 Å². The second kappa shape index (κ2) is 50.7. The van der Waals surface area contributed by atoms with E-state index in [2.05, 4.69) is 0 Å². The molecule has 0 N–H and O–H groups in total. The fourth-order valence-corrected chi connectivity index (χ4v) is 0. The van der Waals surface area contributed by atoms with Gasteiger partial charge in [-0.25, -0.2) is 0 Å². The van der Waals surface area contributed by atoms with Gasteiger partial charge in [-0.05, 0) is 41.5 Å². The Kier molecular flexibility index (Phi) is 106. The summed E-state index contributed by atoms with van der Waals surface area (Å²) in [6.45, 7) is 5.83. The van der Waals surface area contributed by atoms with Gasteiger partial charge in [0.1, 0.15) is 0 Å². The summed E-state index contributed by atoms with van der Waals surface area (Å²) < 4.78 is 0. The van der Waals surface area contributed by atoms with Crippen LogP contribution in [-0.4, -0.2) is 176 Å². The first-order valence-corrected chi connectivity index (χ1v) is 5.45. The van der Waals surface area contributed by atoms with E-state index in [9.17, 15) is 0 Å². The van der Waals surface area contributed by atoms with Crippen molar-refractivity contribution in [3.63, 3.8) is 0 Å². The molecule has 0 saturated carbocycles. The van der Waals surface area contributed by atoms with E-state index in [0.717, 1.165) is 41.5 Å². The predicted molar refractivity (Wildman–Crippen MR) is 81.3 cm³/mol. The largest absolute Gasteiger partial charge is 2.00 e. The van der Waals surface area contributed by atoms with Gasteiger partial charge in [0.05, 0.1) is 0 Å². The molecule has 0 bridgehead atoms. The predicted octanol–water partition coefficient (Wildman–Crippen LogP) is -8.61. The Morgan fingerprint density at radius 3 is 0.370 bits per heavy atom. The Morgan fingerprint density at radius 2 is 0.370 bits per heavy atom. The molecule has 0 radical (unpaired) electrons. The smallest absolute Gasteiger partial charge is 0.550 e. The number of carbonyl (C=O) groups is 6. The van der Waals surface area contributed by atoms with E-state index in [0.29, 0.717) is 0 Å². The van der Waals surface area contributed by atoms with Crippen LogP contribution in [0.4, 0.5) is 0 Å². The number of carboxylic acid groups (broad SMARTS) is 6. The number of hydrogen-bond acceptors (Lipinski definition) is 12. The minimum Gasteiger partial charge on any atom is -0.550 e. The van der Waals surface area contributed by atoms with Crippen molar-refractivity contribution >= 4 is 176 Å². The number of rotatable bonds is 0. The van der Waals surface area contributed by atoms with Gasteiger partial charge in [-0.2, -0.15) is 0 Å². The van der Waals surface area contributed by atoms with E-state index >= 15 is 0 Å². The molecule has 0 fully saturated rings. The second-order valence-electron chi connectivity index (χ2n) is 2.95. The molecule has 0 saturated heterocycles. The third-order valence-corrected chi connectivity index (χ3v) is 0. The Hall–Kier alpha value is 1.35. The quantitative estimate of drug-likeness (QED) is 0.219. The molecule has 0 aliphatic heterocycles. The van der Waals surface area contributed by atoms with Crippen molar-refractivity contribution in [2.24, 2.45) is 0 Å². The van der Waals surface area contributed by atoms with Crippen molar-refractivity contribution in [3.05, 3.63) is 0 Å². The maximum absolute atomic E-state index is 8.89. The first kappa shape index (κ1) is 56.6. The van der Waals surface area contributed by atoms with E-state index in [1.807, 2.05) is 0 Å². The molecule has 15 heteroatoms. The standard InChI is InChI=1S/6C2H4O2.Ba.2Sr/c6*1-2(3)4;;;/h6*1H3,(H,3,4);;;/q;;;;;;3*+2/p-6. The first-order valence-electron chi connectivity index (χ1n) is 5.45. The molecule has 0 aromatic rings. The molecule has 0 amide bonds. The number of hydrogen-bond donors (Lipinski definition) is 0. The average Bonchev–Trinajstić information content (AvgIpc) is 2.08. The summed E-state index contributed by atoms with van der Waals surface area (Å²) in [6, 6.07) is 0. The third kappa shape index (κ3) is 9610. The molecule has 0 atom stereocenters. The van der Waals surface area contributed by atoms with E-state index in [-0.39, 0.29) is 140 Å². The Labute approximate surface area is 271 Å². The molecule has 0 rings (SSSR count). The molecule has 0 aliphatic carbocycles. The molecule has 0 spiro atoms. The van der Waals surface area contributed by atoms with Gasteiger partial charge in [0.25, 0.3) is 0 Å². The van der Waals surface area contributed by atoms with Gasteiger partial charge in [-0.1, -0.05) is 0 Å². The van der Waals surface area contributed by atoms with Gasteiger partial charge in [-0.15, -0.1) is 0 Å². The second-order valence-corrected chi connectivity index (χ2v) is 2.95. The van der Waals surface area contributed by atoms with E-state index in [1.165, 1.54) is 0 Å². The monoisotopic (exact) mass is 668 g/mol. The Balaban J connectivity index is -0.0000000201. The maximum atomic E-state index is 8.89. The average molecular weight is 667 g/mol. The minimum atomic E-state index is -1.08. The van der Waals surface area contributed by atoms with Gasteiger partial charge in [-0.3, -0.25) is 0 Å². The summed E-state index contributed by atoms with van der Waals surface area (Å²) in [5.41, 5.74) is 0. The zero-order chi connectivity index (χ0) is 21.5. The van der Waals surface area contributed by atoms with Crippen LogP contribution in [0.3, 0.4) is 0 Å². The van der Waals surface area contributed by atoms with Crippen molar-refractivity contribution in [2.45, 2.75) is 41.5 Å². The molecule has 0 aromatic carbocycles. The number of carbonyl (C=O) groups excluding carboxylic acids is 6. The van der Waals surface area contributed by atoms with Gasteiger partial charge in [0, 0.05) is 35.8 Å². The maximum Gasteiger partial charge on any atom is 2.00 e. The summed E-state index contributed by atoms with van der Waals surface area (Å²) in [7, 11) is 0. The van der Waals surface area contributed by atoms with Crippen molar-refractivity contribution < 1.29 is 59.4 Å². The molecule has 0 aromatic heterocycles. The third-order valence-electron chi connectivity index (χ3n) is 0. The zero-order valence-corrected chi connectivity index (χ0v) is 27.4. The van der Waals surface area contributed by atoms with Crippen molar-refractivity contribution in [1.29, 1.82) is 0 Å². The Bertz CT molecular complexity index is 272. The molecular weight excluding hydrogens is 649 g/mol. The normalized spacial score (nSPS) is 5.56. The number of aliphatic carboxylic acids is 6. The SMILES string of the molecule is CC(=O)[O-].CC(=O)[O-].CC(=O)[O-].CC(=O)[O-].CC(=O)[O-].CC(=O)[O-].[Ba+2].[Sr+2].[Sr+2]. The van der Waals surface area contributed by atoms with Crippen LogP contribution in [0.5, 0.6) is 0 Å². The van der Waals surface area contributed by atoms with Crippen LogP contribution < -0.4 is 30.6 Å². The molecule has 0 heterocycles. The van der Waals surface area contributed by atoms with Crippen LogP contribution in [0.1, 0.15) is 41.5 Å². The molecular formula is C12H18BaO12Sr2. The summed E-state index contributed by atoms with van der Waals surface area (Å²) in [4.78, 5) is 53.3. The fourth-order valence-electron chi connectivity index (χ4n) is 0. The first-order chi connectivity index (χ1) is 10.4. The van der Waals surface area contributed by atoms with Crippen LogP contribution in [0.2, 0.25) is 0 Å². The van der Waals surface area contributed by atoms with Gasteiger partial charge in [0.2, 0.25) is 0 Å². The van der Waals surface area contributed by atoms with Gasteiger partial charge in [0.15, 0.2) is 0 Å². The Morgan fingerprint density at radius 1 is 0.370 bits per heavy atom. The summed E-state index contributed by atoms with van der Waals surface area (Å²) in [6.07, 6.45) is 0. The molecule has 12 nitrogen and oxygen atoms in total. The van der Waals surface area contributed by atoms with Crippen LogP contribution in [-0.2, 0) is 28.8 Å². The summed E-state index contributed by atoms with van der Waals surface area (Å²) >= 11 is 0. The summed E-state index contributed by atoms with van der Waals surface area (Å²) in [5, 5.41) is 53.3. The fraction of sp³-hybridized carbons (Fsp3) is 0.500. The van der Waals surface area contributed by atoms with Crippen molar-refractivity contribution in [2.75, 3.05) is 0 Å². The van der Waals surface area contributed by atoms with Crippen LogP contribution in [0, 0.1) is 0 Å². The minimum absolute atomic E-state index is 0. The summed E-state index contributed by atoms with van der Waals surface area (Å²) in [5.74, 6) is -6.50. The van der Waals surface area contributed by atoms with Crippen LogP contribution in [0.25, 0.3) is 0 Å². The van der Waals surface area contributed by atoms with E-state index < -0.39 is 35.8 Å². The zero-order valence-electron chi connectivity index (χ0n) is 16.0. The van der Waals surface area contributed by atoms with Gasteiger partial charge < -0.3 is 59.4 Å². The molecule has 27 heavy (non-hydrogen) atoms. The topological polar surface area (TPSA) is 241 Å². The molecule has 0 unspecified atom stereocenters. The van der Waals surface area contributed by atoms with Crippen LogP contribution in [0.15, 0.2) is 0 Å².